The van der Waals surface area contributed by atoms with Crippen LogP contribution in [-0.4, -0.2) is 77.2 Å². The molecule has 0 aliphatic carbocycles. The maximum Gasteiger partial charge on any atom is 0.244 e. The van der Waals surface area contributed by atoms with Crippen LogP contribution in [0.25, 0.3) is 0 Å². The number of carbonyl (C=O) groups excluding carboxylic acids is 4. The van der Waals surface area contributed by atoms with Gasteiger partial charge in [0.1, 0.15) is 24.6 Å². The van der Waals surface area contributed by atoms with E-state index >= 15 is 0 Å². The number of phenols is 1. The second kappa shape index (κ2) is 13.8. The van der Waals surface area contributed by atoms with Crippen LogP contribution >= 0.6 is 0 Å². The third-order valence-corrected chi connectivity index (χ3v) is 5.58. The van der Waals surface area contributed by atoms with Gasteiger partial charge in [-0.05, 0) is 36.6 Å². The molecule has 0 aromatic heterocycles. The number of rotatable bonds is 12. The van der Waals surface area contributed by atoms with Gasteiger partial charge in [-0.25, -0.2) is 0 Å². The molecule has 0 spiro atoms. The van der Waals surface area contributed by atoms with Gasteiger partial charge in [0, 0.05) is 13.5 Å². The fourth-order valence-corrected chi connectivity index (χ4v) is 3.42. The molecule has 0 aliphatic rings. The average Bonchev–Trinajstić information content (AvgIpc) is 2.87. The van der Waals surface area contributed by atoms with E-state index < -0.39 is 55.0 Å². The zero-order valence-electron chi connectivity index (χ0n) is 20.3. The minimum Gasteiger partial charge on any atom is -0.508 e. The number of nitrogens with two attached hydrogens (primary N) is 1. The van der Waals surface area contributed by atoms with E-state index in [0.717, 1.165) is 11.1 Å². The number of carbonyl (C=O) groups is 4. The Kier molecular flexibility index (Phi) is 10.8. The summed E-state index contributed by atoms with van der Waals surface area (Å²) < 4.78 is 0. The van der Waals surface area contributed by atoms with Crippen LogP contribution < -0.4 is 21.7 Å². The Bertz CT molecular complexity index is 1030. The van der Waals surface area contributed by atoms with E-state index in [1.54, 1.807) is 12.1 Å². The molecule has 194 valence electrons. The van der Waals surface area contributed by atoms with Crippen LogP contribution in [0.15, 0.2) is 54.6 Å². The van der Waals surface area contributed by atoms with Crippen LogP contribution in [0.2, 0.25) is 0 Å². The molecule has 2 rings (SSSR count). The Balaban J connectivity index is 1.89. The molecule has 11 nitrogen and oxygen atoms in total. The van der Waals surface area contributed by atoms with E-state index in [9.17, 15) is 24.3 Å². The molecular formula is C25H33N5O6. The summed E-state index contributed by atoms with van der Waals surface area (Å²) in [5.74, 6) is -2.10. The smallest absolute Gasteiger partial charge is 0.244 e. The van der Waals surface area contributed by atoms with Gasteiger partial charge < -0.3 is 36.8 Å². The van der Waals surface area contributed by atoms with Gasteiger partial charge in [0.15, 0.2) is 0 Å². The van der Waals surface area contributed by atoms with Crippen LogP contribution in [0.1, 0.15) is 18.1 Å². The van der Waals surface area contributed by atoms with Crippen molar-refractivity contribution in [3.05, 3.63) is 65.7 Å². The number of benzene rings is 2. The van der Waals surface area contributed by atoms with Crippen LogP contribution in [0.3, 0.4) is 0 Å². The predicted octanol–water partition coefficient (Wildman–Crippen LogP) is -0.981. The summed E-state index contributed by atoms with van der Waals surface area (Å²) in [4.78, 5) is 51.2. The predicted molar refractivity (Wildman–Crippen MR) is 132 cm³/mol. The Morgan fingerprint density at radius 2 is 1.50 bits per heavy atom. The van der Waals surface area contributed by atoms with Crippen molar-refractivity contribution >= 4 is 23.6 Å². The Morgan fingerprint density at radius 3 is 2.11 bits per heavy atom. The first-order valence-electron chi connectivity index (χ1n) is 11.4. The number of aromatic hydroxyl groups is 1. The number of hydrogen-bond donors (Lipinski definition) is 6. The molecule has 3 atom stereocenters. The first kappa shape index (κ1) is 28.3. The standard InChI is InChI=1S/C25H33N5O6/c1-16(29-24(35)20(26)12-18-8-10-19(32)11-9-18)23(34)27-14-22(33)30(2)21(25(36)28-15-31)13-17-6-4-3-5-7-17/h3-11,16,20-21,31-32H,12-15,26H2,1-2H3,(H,27,34)(H,28,36)(H,29,35)/t16-,20+,21+/m1/s1. The van der Waals surface area contributed by atoms with Crippen molar-refractivity contribution in [2.45, 2.75) is 37.9 Å². The summed E-state index contributed by atoms with van der Waals surface area (Å²) in [5.41, 5.74) is 7.49. The van der Waals surface area contributed by atoms with Crippen molar-refractivity contribution in [1.82, 2.24) is 20.9 Å². The van der Waals surface area contributed by atoms with Gasteiger partial charge in [-0.1, -0.05) is 42.5 Å². The minimum atomic E-state index is -0.959. The highest BCUT2D eigenvalue weighted by Crippen LogP contribution is 2.11. The van der Waals surface area contributed by atoms with E-state index in [1.165, 1.54) is 31.0 Å². The third kappa shape index (κ3) is 8.67. The summed E-state index contributed by atoms with van der Waals surface area (Å²) in [6.45, 7) is 0.489. The van der Waals surface area contributed by atoms with Crippen molar-refractivity contribution < 1.29 is 29.4 Å². The number of nitrogens with one attached hydrogen (secondary N) is 3. The van der Waals surface area contributed by atoms with Crippen LogP contribution in [0.5, 0.6) is 5.75 Å². The molecule has 0 saturated heterocycles. The topological polar surface area (TPSA) is 174 Å². The number of hydrogen-bond acceptors (Lipinski definition) is 7. The van der Waals surface area contributed by atoms with Gasteiger partial charge in [0.2, 0.25) is 23.6 Å². The molecule has 2 aromatic rings. The zero-order valence-corrected chi connectivity index (χ0v) is 20.3. The van der Waals surface area contributed by atoms with Crippen LogP contribution in [0.4, 0.5) is 0 Å². The van der Waals surface area contributed by atoms with E-state index in [1.807, 2.05) is 30.3 Å². The fraction of sp³-hybridized carbons (Fsp3) is 0.360. The maximum atomic E-state index is 12.7. The number of phenolic OH excluding ortho intramolecular Hbond substituents is 1. The normalized spacial score (nSPS) is 13.1. The maximum absolute atomic E-state index is 12.7. The van der Waals surface area contributed by atoms with Gasteiger partial charge in [-0.3, -0.25) is 19.2 Å². The zero-order chi connectivity index (χ0) is 26.7. The summed E-state index contributed by atoms with van der Waals surface area (Å²) >= 11 is 0. The van der Waals surface area contributed by atoms with Crippen LogP contribution in [-0.2, 0) is 32.0 Å². The largest absolute Gasteiger partial charge is 0.508 e. The molecule has 0 fully saturated rings. The van der Waals surface area contributed by atoms with Crippen LogP contribution in [0, 0.1) is 0 Å². The Hall–Kier alpha value is -3.96. The second-order valence-corrected chi connectivity index (χ2v) is 8.33. The van der Waals surface area contributed by atoms with E-state index in [-0.39, 0.29) is 18.6 Å². The quantitative estimate of drug-likeness (QED) is 0.204. The van der Waals surface area contributed by atoms with Crippen molar-refractivity contribution in [3.8, 4) is 5.75 Å². The summed E-state index contributed by atoms with van der Waals surface area (Å²) in [5, 5.41) is 25.7. The molecule has 0 radical (unpaired) electrons. The number of amides is 4. The van der Waals surface area contributed by atoms with Gasteiger partial charge >= 0.3 is 0 Å². The fourth-order valence-electron chi connectivity index (χ4n) is 3.42. The second-order valence-electron chi connectivity index (χ2n) is 8.33. The van der Waals surface area contributed by atoms with Crippen molar-refractivity contribution in [2.75, 3.05) is 20.3 Å². The lowest BCUT2D eigenvalue weighted by atomic mass is 10.0. The third-order valence-electron chi connectivity index (χ3n) is 5.58. The summed E-state index contributed by atoms with van der Waals surface area (Å²) in [6.07, 6.45) is 0.427. The lowest BCUT2D eigenvalue weighted by Gasteiger charge is -2.27. The lowest BCUT2D eigenvalue weighted by Crippen LogP contribution is -2.54. The Labute approximate surface area is 209 Å². The van der Waals surface area contributed by atoms with Crippen molar-refractivity contribution in [3.63, 3.8) is 0 Å². The first-order chi connectivity index (χ1) is 17.1. The monoisotopic (exact) mass is 499 g/mol. The molecule has 0 aliphatic heterocycles. The van der Waals surface area contributed by atoms with Crippen molar-refractivity contribution in [2.24, 2.45) is 5.73 Å². The molecule has 7 N–H and O–H groups in total. The average molecular weight is 500 g/mol. The highest BCUT2D eigenvalue weighted by Gasteiger charge is 2.28. The molecule has 0 saturated carbocycles. The number of aliphatic hydroxyl groups excluding tert-OH is 1. The van der Waals surface area contributed by atoms with Gasteiger partial charge in [0.25, 0.3) is 0 Å². The molecule has 4 amide bonds. The first-order valence-corrected chi connectivity index (χ1v) is 11.4. The SMILES string of the molecule is C[C@@H](NC(=O)[C@@H](N)Cc1ccc(O)cc1)C(=O)NCC(=O)N(C)[C@@H](Cc1ccccc1)C(=O)NCO. The van der Waals surface area contributed by atoms with E-state index in [2.05, 4.69) is 16.0 Å². The molecular weight excluding hydrogens is 466 g/mol. The number of aliphatic hydroxyl groups is 1. The highest BCUT2D eigenvalue weighted by molar-refractivity contribution is 5.93. The van der Waals surface area contributed by atoms with Gasteiger partial charge in [-0.2, -0.15) is 0 Å². The van der Waals surface area contributed by atoms with Gasteiger partial charge in [0.05, 0.1) is 12.6 Å². The van der Waals surface area contributed by atoms with E-state index in [4.69, 9.17) is 10.8 Å². The van der Waals surface area contributed by atoms with E-state index in [0.29, 0.717) is 0 Å². The molecule has 2 aromatic carbocycles. The Morgan fingerprint density at radius 1 is 0.889 bits per heavy atom. The van der Waals surface area contributed by atoms with Gasteiger partial charge in [-0.15, -0.1) is 0 Å². The minimum absolute atomic E-state index is 0.0997. The summed E-state index contributed by atoms with van der Waals surface area (Å²) in [7, 11) is 1.44. The number of nitrogens with zero attached hydrogens (tertiary/aromatic N) is 1. The lowest BCUT2D eigenvalue weighted by molar-refractivity contribution is -0.139. The van der Waals surface area contributed by atoms with Crippen molar-refractivity contribution in [1.29, 1.82) is 0 Å². The molecule has 11 heteroatoms. The molecule has 0 bridgehead atoms. The molecule has 0 unspecified atom stereocenters. The summed E-state index contributed by atoms with van der Waals surface area (Å²) in [6, 6.07) is 12.6. The molecule has 36 heavy (non-hydrogen) atoms. The number of likely N-dealkylation sites (N-methyl/N-ethyl adjacent to an activating group) is 1. The molecule has 0 heterocycles. The highest BCUT2D eigenvalue weighted by atomic mass is 16.3.